The number of carbonyl (C=O) groups excluding carboxylic acids is 1. The van der Waals surface area contributed by atoms with Crippen molar-refractivity contribution in [1.82, 2.24) is 10.2 Å². The van der Waals surface area contributed by atoms with E-state index in [1.54, 1.807) is 6.92 Å². The minimum absolute atomic E-state index is 0.118. The molecule has 6 N–H and O–H groups in total. The summed E-state index contributed by atoms with van der Waals surface area (Å²) in [4.78, 5) is 13.8. The van der Waals surface area contributed by atoms with Crippen molar-refractivity contribution in [3.63, 3.8) is 0 Å². The van der Waals surface area contributed by atoms with Gasteiger partial charge in [0.2, 0.25) is 0 Å². The number of hydrogen-bond donors (Lipinski definition) is 4. The first-order valence-corrected chi connectivity index (χ1v) is 6.74. The molecule has 1 atom stereocenters. The molecule has 1 rings (SSSR count). The number of carbonyl (C=O) groups is 1. The molecule has 0 saturated heterocycles. The van der Waals surface area contributed by atoms with Crippen LogP contribution in [0.4, 0.5) is 5.69 Å². The molecule has 0 spiro atoms. The van der Waals surface area contributed by atoms with Crippen molar-refractivity contribution in [3.8, 4) is 5.75 Å². The van der Waals surface area contributed by atoms with Gasteiger partial charge in [0.05, 0.1) is 23.4 Å². The van der Waals surface area contributed by atoms with Crippen molar-refractivity contribution in [1.29, 1.82) is 5.41 Å². The van der Waals surface area contributed by atoms with Crippen LogP contribution in [0.3, 0.4) is 0 Å². The Kier molecular flexibility index (Phi) is 5.66. The summed E-state index contributed by atoms with van der Waals surface area (Å²) < 4.78 is 5.14. The number of rotatable bonds is 5. The van der Waals surface area contributed by atoms with Gasteiger partial charge in [0.15, 0.2) is 5.96 Å². The van der Waals surface area contributed by atoms with Gasteiger partial charge >= 0.3 is 0 Å². The molecule has 0 aliphatic rings. The number of halogens is 1. The first-order valence-electron chi connectivity index (χ1n) is 6.36. The lowest BCUT2D eigenvalue weighted by molar-refractivity contribution is 0.0905. The van der Waals surface area contributed by atoms with E-state index >= 15 is 0 Å². The molecule has 0 heterocycles. The summed E-state index contributed by atoms with van der Waals surface area (Å²) in [5.41, 5.74) is 11.7. The Morgan fingerprint density at radius 3 is 2.67 bits per heavy atom. The van der Waals surface area contributed by atoms with Gasteiger partial charge in [-0.25, -0.2) is 0 Å². The standard InChI is InChI=1S/C13H20ClN5O2/c1-4-19(13(16)17)7(2)18-12(20)8-5-9(14)10(15)6-11(8)21-3/h5-7H,4,15H2,1-3H3,(H3,16,17)(H,18,20). The van der Waals surface area contributed by atoms with Gasteiger partial charge in [-0.05, 0) is 19.9 Å². The summed E-state index contributed by atoms with van der Waals surface area (Å²) in [5.74, 6) is -0.180. The maximum atomic E-state index is 12.3. The number of nitrogens with two attached hydrogens (primary N) is 2. The van der Waals surface area contributed by atoms with Gasteiger partial charge in [-0.1, -0.05) is 11.6 Å². The molecule has 1 amide bonds. The van der Waals surface area contributed by atoms with Crippen molar-refractivity contribution in [2.75, 3.05) is 19.4 Å². The SMILES string of the molecule is CCN(C(=N)N)C(C)NC(=O)c1cc(Cl)c(N)cc1OC. The Morgan fingerprint density at radius 2 is 2.19 bits per heavy atom. The van der Waals surface area contributed by atoms with Gasteiger partial charge in [0.25, 0.3) is 5.91 Å². The van der Waals surface area contributed by atoms with E-state index in [2.05, 4.69) is 5.32 Å². The van der Waals surface area contributed by atoms with Gasteiger partial charge in [-0.2, -0.15) is 0 Å². The van der Waals surface area contributed by atoms with Crippen LogP contribution in [0, 0.1) is 5.41 Å². The minimum Gasteiger partial charge on any atom is -0.496 e. The van der Waals surface area contributed by atoms with Gasteiger partial charge in [0, 0.05) is 12.6 Å². The second kappa shape index (κ2) is 7.03. The molecular weight excluding hydrogens is 294 g/mol. The molecular formula is C13H20ClN5O2. The van der Waals surface area contributed by atoms with E-state index in [1.165, 1.54) is 24.1 Å². The largest absolute Gasteiger partial charge is 0.496 e. The molecule has 116 valence electrons. The predicted octanol–water partition coefficient (Wildman–Crippen LogP) is 1.22. The smallest absolute Gasteiger partial charge is 0.256 e. The number of benzene rings is 1. The number of guanidine groups is 1. The highest BCUT2D eigenvalue weighted by atomic mass is 35.5. The van der Waals surface area contributed by atoms with Gasteiger partial charge in [-0.3, -0.25) is 10.2 Å². The Labute approximate surface area is 128 Å². The van der Waals surface area contributed by atoms with Crippen LogP contribution in [0.2, 0.25) is 5.02 Å². The fraction of sp³-hybridized carbons (Fsp3) is 0.385. The fourth-order valence-corrected chi connectivity index (χ4v) is 2.08. The Morgan fingerprint density at radius 1 is 1.57 bits per heavy atom. The molecule has 1 aromatic rings. The normalized spacial score (nSPS) is 11.6. The van der Waals surface area contributed by atoms with Crippen LogP contribution >= 0.6 is 11.6 Å². The number of nitrogens with zero attached hydrogens (tertiary/aromatic N) is 1. The third-order valence-corrected chi connectivity index (χ3v) is 3.35. The van der Waals surface area contributed by atoms with E-state index in [0.717, 1.165) is 0 Å². The van der Waals surface area contributed by atoms with Crippen LogP contribution in [0.15, 0.2) is 12.1 Å². The van der Waals surface area contributed by atoms with Crippen molar-refractivity contribution in [2.45, 2.75) is 20.0 Å². The molecule has 1 aromatic carbocycles. The first kappa shape index (κ1) is 16.9. The van der Waals surface area contributed by atoms with Gasteiger partial charge in [0.1, 0.15) is 11.9 Å². The average Bonchev–Trinajstić information content (AvgIpc) is 2.41. The van der Waals surface area contributed by atoms with Crippen molar-refractivity contribution in [3.05, 3.63) is 22.7 Å². The number of nitrogen functional groups attached to an aromatic ring is 1. The molecule has 8 heteroatoms. The molecule has 0 saturated carbocycles. The summed E-state index contributed by atoms with van der Waals surface area (Å²) in [6, 6.07) is 2.94. The van der Waals surface area contributed by atoms with Crippen LogP contribution < -0.4 is 21.5 Å². The minimum atomic E-state index is -0.443. The number of methoxy groups -OCH3 is 1. The molecule has 0 aliphatic carbocycles. The zero-order chi connectivity index (χ0) is 16.2. The lowest BCUT2D eigenvalue weighted by Crippen LogP contribution is -2.51. The Bertz CT molecular complexity index is 550. The van der Waals surface area contributed by atoms with E-state index in [-0.39, 0.29) is 22.5 Å². The molecule has 0 aliphatic heterocycles. The fourth-order valence-electron chi connectivity index (χ4n) is 1.91. The second-order valence-corrected chi connectivity index (χ2v) is 4.80. The van der Waals surface area contributed by atoms with Crippen molar-refractivity contribution < 1.29 is 9.53 Å². The van der Waals surface area contributed by atoms with E-state index in [9.17, 15) is 4.79 Å². The van der Waals surface area contributed by atoms with E-state index in [1.807, 2.05) is 6.92 Å². The molecule has 21 heavy (non-hydrogen) atoms. The lowest BCUT2D eigenvalue weighted by Gasteiger charge is -2.28. The Hall–Kier alpha value is -2.15. The molecule has 7 nitrogen and oxygen atoms in total. The second-order valence-electron chi connectivity index (χ2n) is 4.39. The van der Waals surface area contributed by atoms with Crippen LogP contribution in [0.25, 0.3) is 0 Å². The Balaban J connectivity index is 2.99. The number of amides is 1. The summed E-state index contributed by atoms with van der Waals surface area (Å²) in [6.45, 7) is 4.06. The maximum absolute atomic E-state index is 12.3. The number of nitrogens with one attached hydrogen (secondary N) is 2. The molecule has 0 radical (unpaired) electrons. The van der Waals surface area contributed by atoms with Crippen LogP contribution in [0.5, 0.6) is 5.75 Å². The molecule has 0 fully saturated rings. The monoisotopic (exact) mass is 313 g/mol. The summed E-state index contributed by atoms with van der Waals surface area (Å²) in [6.07, 6.45) is -0.443. The number of anilines is 1. The summed E-state index contributed by atoms with van der Waals surface area (Å²) in [7, 11) is 1.44. The van der Waals surface area contributed by atoms with Crippen LogP contribution in [-0.2, 0) is 0 Å². The third kappa shape index (κ3) is 3.91. The van der Waals surface area contributed by atoms with Gasteiger partial charge < -0.3 is 26.4 Å². The third-order valence-electron chi connectivity index (χ3n) is 3.02. The quantitative estimate of drug-likeness (QED) is 0.282. The zero-order valence-corrected chi connectivity index (χ0v) is 13.0. The topological polar surface area (TPSA) is 117 Å². The highest BCUT2D eigenvalue weighted by Gasteiger charge is 2.20. The predicted molar refractivity (Wildman–Crippen MR) is 83.6 cm³/mol. The van der Waals surface area contributed by atoms with E-state index in [0.29, 0.717) is 18.0 Å². The molecule has 0 bridgehead atoms. The summed E-state index contributed by atoms with van der Waals surface area (Å²) in [5, 5.41) is 10.5. The zero-order valence-electron chi connectivity index (χ0n) is 12.2. The molecule has 0 aromatic heterocycles. The first-order chi connectivity index (χ1) is 9.81. The highest BCUT2D eigenvalue weighted by molar-refractivity contribution is 6.33. The molecule has 1 unspecified atom stereocenters. The van der Waals surface area contributed by atoms with Gasteiger partial charge in [-0.15, -0.1) is 0 Å². The van der Waals surface area contributed by atoms with Crippen molar-refractivity contribution >= 4 is 29.2 Å². The van der Waals surface area contributed by atoms with Crippen molar-refractivity contribution in [2.24, 2.45) is 5.73 Å². The number of ether oxygens (including phenoxy) is 1. The van der Waals surface area contributed by atoms with Crippen LogP contribution in [-0.4, -0.2) is 36.6 Å². The van der Waals surface area contributed by atoms with E-state index < -0.39 is 6.17 Å². The summed E-state index contributed by atoms with van der Waals surface area (Å²) >= 11 is 5.94. The maximum Gasteiger partial charge on any atom is 0.256 e. The van der Waals surface area contributed by atoms with Crippen LogP contribution in [0.1, 0.15) is 24.2 Å². The van der Waals surface area contributed by atoms with E-state index in [4.69, 9.17) is 33.2 Å². The average molecular weight is 314 g/mol. The number of hydrogen-bond acceptors (Lipinski definition) is 4. The lowest BCUT2D eigenvalue weighted by atomic mass is 10.1. The highest BCUT2D eigenvalue weighted by Crippen LogP contribution is 2.28.